The molecule has 15 nitrogen and oxygen atoms in total. The van der Waals surface area contributed by atoms with Gasteiger partial charge in [-0.2, -0.15) is 12.6 Å². The summed E-state index contributed by atoms with van der Waals surface area (Å²) in [6, 6.07) is -6.26. The SMILES string of the molecule is NC(=O)CC(NC(=O)C(N)CS)C(=O)NC(CC(=O)O)C(=O)NC(CCC(=O)O)C(=O)O. The molecule has 0 fully saturated rings. The van der Waals surface area contributed by atoms with Crippen molar-refractivity contribution < 1.29 is 48.9 Å². The number of carboxylic acids is 3. The molecule has 4 unspecified atom stereocenters. The highest BCUT2D eigenvalue weighted by Crippen LogP contribution is 2.03. The quantitative estimate of drug-likeness (QED) is 0.102. The number of rotatable bonds is 15. The van der Waals surface area contributed by atoms with Crippen LogP contribution in [0.1, 0.15) is 25.7 Å². The Balaban J connectivity index is 5.51. The number of carbonyl (C=O) groups excluding carboxylic acids is 4. The predicted molar refractivity (Wildman–Crippen MR) is 108 cm³/mol. The van der Waals surface area contributed by atoms with E-state index in [1.807, 2.05) is 10.6 Å². The van der Waals surface area contributed by atoms with Crippen LogP contribution in [0, 0.1) is 0 Å². The maximum absolute atomic E-state index is 12.5. The Morgan fingerprint density at radius 3 is 1.62 bits per heavy atom. The van der Waals surface area contributed by atoms with Gasteiger partial charge in [-0.25, -0.2) is 4.79 Å². The average Bonchev–Trinajstić information content (AvgIpc) is 2.67. The molecular formula is C16H25N5O10S. The van der Waals surface area contributed by atoms with Gasteiger partial charge in [0.2, 0.25) is 23.6 Å². The third kappa shape index (κ3) is 11.1. The van der Waals surface area contributed by atoms with Gasteiger partial charge in [0, 0.05) is 12.2 Å². The van der Waals surface area contributed by atoms with Crippen molar-refractivity contribution in [2.24, 2.45) is 11.5 Å². The van der Waals surface area contributed by atoms with Gasteiger partial charge in [-0.15, -0.1) is 0 Å². The normalized spacial score (nSPS) is 14.2. The molecule has 0 spiro atoms. The molecule has 0 aliphatic carbocycles. The Bertz CT molecular complexity index is 761. The fourth-order valence-corrected chi connectivity index (χ4v) is 2.39. The lowest BCUT2D eigenvalue weighted by Crippen LogP contribution is -2.58. The van der Waals surface area contributed by atoms with Gasteiger partial charge in [-0.1, -0.05) is 0 Å². The first-order valence-corrected chi connectivity index (χ1v) is 9.63. The number of hydrogen-bond donors (Lipinski definition) is 9. The van der Waals surface area contributed by atoms with Crippen molar-refractivity contribution in [1.29, 1.82) is 0 Å². The van der Waals surface area contributed by atoms with Crippen LogP contribution < -0.4 is 27.4 Å². The van der Waals surface area contributed by atoms with Crippen LogP contribution in [0.15, 0.2) is 0 Å². The van der Waals surface area contributed by atoms with Crippen molar-refractivity contribution in [2.75, 3.05) is 5.75 Å². The van der Waals surface area contributed by atoms with E-state index in [4.69, 9.17) is 26.8 Å². The van der Waals surface area contributed by atoms with Gasteiger partial charge >= 0.3 is 17.9 Å². The molecule has 4 amide bonds. The Morgan fingerprint density at radius 1 is 0.750 bits per heavy atom. The Morgan fingerprint density at radius 2 is 1.22 bits per heavy atom. The Kier molecular flexibility index (Phi) is 12.3. The van der Waals surface area contributed by atoms with Crippen LogP contribution in [0.2, 0.25) is 0 Å². The Hall–Kier alpha value is -3.40. The number of carbonyl (C=O) groups is 7. The first kappa shape index (κ1) is 28.6. The van der Waals surface area contributed by atoms with E-state index >= 15 is 0 Å². The van der Waals surface area contributed by atoms with E-state index in [1.54, 1.807) is 0 Å². The number of primary amides is 1. The van der Waals surface area contributed by atoms with Gasteiger partial charge in [0.1, 0.15) is 18.1 Å². The van der Waals surface area contributed by atoms with Crippen molar-refractivity contribution in [3.05, 3.63) is 0 Å². The van der Waals surface area contributed by atoms with Crippen LogP contribution in [-0.4, -0.2) is 86.8 Å². The third-order valence-corrected chi connectivity index (χ3v) is 4.24. The van der Waals surface area contributed by atoms with Crippen molar-refractivity contribution in [2.45, 2.75) is 49.9 Å². The minimum absolute atomic E-state index is 0.103. The number of hydrogen-bond acceptors (Lipinski definition) is 9. The molecule has 0 aliphatic rings. The summed E-state index contributed by atoms with van der Waals surface area (Å²) in [5.74, 6) is -8.85. The summed E-state index contributed by atoms with van der Waals surface area (Å²) in [7, 11) is 0. The molecule has 0 rings (SSSR count). The highest BCUT2D eigenvalue weighted by molar-refractivity contribution is 7.80. The van der Waals surface area contributed by atoms with Gasteiger partial charge in [-0.05, 0) is 6.42 Å². The maximum atomic E-state index is 12.5. The lowest BCUT2D eigenvalue weighted by Gasteiger charge is -2.23. The van der Waals surface area contributed by atoms with Crippen LogP contribution in [0.25, 0.3) is 0 Å². The lowest BCUT2D eigenvalue weighted by atomic mass is 10.1. The van der Waals surface area contributed by atoms with E-state index in [-0.39, 0.29) is 5.75 Å². The molecule has 180 valence electrons. The largest absolute Gasteiger partial charge is 0.481 e. The third-order valence-electron chi connectivity index (χ3n) is 3.84. The van der Waals surface area contributed by atoms with E-state index in [2.05, 4.69) is 17.9 Å². The number of nitrogens with two attached hydrogens (primary N) is 2. The van der Waals surface area contributed by atoms with Crippen molar-refractivity contribution in [3.63, 3.8) is 0 Å². The minimum Gasteiger partial charge on any atom is -0.481 e. The van der Waals surface area contributed by atoms with Crippen LogP contribution in [0.4, 0.5) is 0 Å². The molecule has 0 aromatic rings. The molecule has 0 heterocycles. The van der Waals surface area contributed by atoms with Crippen LogP contribution in [0.3, 0.4) is 0 Å². The molecule has 0 aliphatic heterocycles. The molecular weight excluding hydrogens is 454 g/mol. The summed E-state index contributed by atoms with van der Waals surface area (Å²) in [5, 5.41) is 32.8. The van der Waals surface area contributed by atoms with Crippen molar-refractivity contribution in [3.8, 4) is 0 Å². The second-order valence-electron chi connectivity index (χ2n) is 6.51. The number of amides is 4. The standard InChI is InChI=1S/C16H25N5O10S/c17-6(5-32)13(27)20-8(3-10(18)22)14(28)21-9(4-12(25)26)15(29)19-7(16(30)31)1-2-11(23)24/h6-9,32H,1-5,17H2,(H2,18,22)(H,19,29)(H,20,27)(H,21,28)(H,23,24)(H,25,26)(H,30,31). The zero-order valence-electron chi connectivity index (χ0n) is 16.6. The summed E-state index contributed by atoms with van der Waals surface area (Å²) < 4.78 is 0. The van der Waals surface area contributed by atoms with Gasteiger partial charge < -0.3 is 42.7 Å². The molecule has 0 saturated heterocycles. The number of nitrogens with one attached hydrogen (secondary N) is 3. The van der Waals surface area contributed by atoms with Crippen molar-refractivity contribution in [1.82, 2.24) is 16.0 Å². The predicted octanol–water partition coefficient (Wildman–Crippen LogP) is -4.00. The van der Waals surface area contributed by atoms with E-state index in [0.717, 1.165) is 0 Å². The number of carboxylic acid groups (broad SMARTS) is 3. The molecule has 0 saturated carbocycles. The van der Waals surface area contributed by atoms with Gasteiger partial charge in [0.15, 0.2) is 0 Å². The van der Waals surface area contributed by atoms with E-state index in [9.17, 15) is 33.6 Å². The molecule has 0 aromatic heterocycles. The second-order valence-corrected chi connectivity index (χ2v) is 6.88. The maximum Gasteiger partial charge on any atom is 0.326 e. The highest BCUT2D eigenvalue weighted by Gasteiger charge is 2.32. The fourth-order valence-electron chi connectivity index (χ4n) is 2.23. The van der Waals surface area contributed by atoms with Crippen LogP contribution in [-0.2, 0) is 33.6 Å². The zero-order valence-corrected chi connectivity index (χ0v) is 17.5. The van der Waals surface area contributed by atoms with Crippen molar-refractivity contribution >= 4 is 54.2 Å². The van der Waals surface area contributed by atoms with Crippen LogP contribution >= 0.6 is 12.6 Å². The summed E-state index contributed by atoms with van der Waals surface area (Å²) >= 11 is 3.82. The second kappa shape index (κ2) is 13.8. The minimum atomic E-state index is -1.82. The first-order chi connectivity index (χ1) is 14.8. The molecule has 0 bridgehead atoms. The Labute approximate surface area is 186 Å². The molecule has 32 heavy (non-hydrogen) atoms. The molecule has 0 radical (unpaired) electrons. The fraction of sp³-hybridized carbons (Fsp3) is 0.562. The van der Waals surface area contributed by atoms with E-state index < -0.39 is 91.4 Å². The topological polar surface area (TPSA) is 268 Å². The summed E-state index contributed by atoms with van der Waals surface area (Å²) in [6.07, 6.45) is -2.82. The monoisotopic (exact) mass is 479 g/mol. The molecule has 0 aromatic carbocycles. The average molecular weight is 479 g/mol. The van der Waals surface area contributed by atoms with E-state index in [0.29, 0.717) is 0 Å². The van der Waals surface area contributed by atoms with Gasteiger partial charge in [0.25, 0.3) is 0 Å². The number of thiol groups is 1. The summed E-state index contributed by atoms with van der Waals surface area (Å²) in [6.45, 7) is 0. The molecule has 4 atom stereocenters. The number of aliphatic carboxylic acids is 3. The summed E-state index contributed by atoms with van der Waals surface area (Å²) in [4.78, 5) is 81.0. The van der Waals surface area contributed by atoms with Gasteiger partial charge in [0.05, 0.1) is 18.9 Å². The molecule has 10 N–H and O–H groups in total. The van der Waals surface area contributed by atoms with E-state index in [1.165, 1.54) is 0 Å². The lowest BCUT2D eigenvalue weighted by molar-refractivity contribution is -0.144. The zero-order chi connectivity index (χ0) is 25.0. The highest BCUT2D eigenvalue weighted by atomic mass is 32.1. The summed E-state index contributed by atoms with van der Waals surface area (Å²) in [5.41, 5.74) is 10.5. The first-order valence-electron chi connectivity index (χ1n) is 9.00. The van der Waals surface area contributed by atoms with Crippen LogP contribution in [0.5, 0.6) is 0 Å². The smallest absolute Gasteiger partial charge is 0.326 e. The van der Waals surface area contributed by atoms with Gasteiger partial charge in [-0.3, -0.25) is 28.8 Å². The molecule has 16 heteroatoms.